The van der Waals surface area contributed by atoms with E-state index < -0.39 is 0 Å². The Morgan fingerprint density at radius 3 is 2.94 bits per heavy atom. The summed E-state index contributed by atoms with van der Waals surface area (Å²) in [6, 6.07) is 5.01. The molecule has 0 aliphatic heterocycles. The lowest BCUT2D eigenvalue weighted by atomic mass is 10.3. The van der Waals surface area contributed by atoms with Gasteiger partial charge in [0.15, 0.2) is 0 Å². The van der Waals surface area contributed by atoms with Gasteiger partial charge in [0.25, 0.3) is 0 Å². The third-order valence-corrected chi connectivity index (χ3v) is 2.23. The molecule has 1 unspecified atom stereocenters. The van der Waals surface area contributed by atoms with Crippen LogP contribution in [0.25, 0.3) is 0 Å². The summed E-state index contributed by atoms with van der Waals surface area (Å²) >= 11 is 0. The van der Waals surface area contributed by atoms with Gasteiger partial charge in [-0.25, -0.2) is 0 Å². The van der Waals surface area contributed by atoms with Crippen LogP contribution in [0.3, 0.4) is 0 Å². The Morgan fingerprint density at radius 1 is 1.44 bits per heavy atom. The largest absolute Gasteiger partial charge is 0.323 e. The van der Waals surface area contributed by atoms with Gasteiger partial charge >= 0.3 is 0 Å². The fourth-order valence-corrected chi connectivity index (χ4v) is 1.31. The first-order valence-corrected chi connectivity index (χ1v) is 4.97. The lowest BCUT2D eigenvalue weighted by molar-refractivity contribution is -0.119. The molecule has 82 valence electrons. The molecule has 5 nitrogen and oxygen atoms in total. The number of nitrogens with zero attached hydrogens (tertiary/aromatic N) is 3. The molecule has 0 aromatic carbocycles. The minimum atomic E-state index is -0.338. The first-order chi connectivity index (χ1) is 7.77. The maximum Gasteiger partial charge on any atom is 0.248 e. The molecule has 0 spiro atoms. The van der Waals surface area contributed by atoms with E-state index in [1.165, 1.54) is 0 Å². The van der Waals surface area contributed by atoms with Crippen LogP contribution >= 0.6 is 0 Å². The first-order valence-electron chi connectivity index (χ1n) is 4.97. The summed E-state index contributed by atoms with van der Waals surface area (Å²) < 4.78 is 1.60. The molecule has 0 saturated carbocycles. The van der Waals surface area contributed by atoms with E-state index in [2.05, 4.69) is 15.4 Å². The lowest BCUT2D eigenvalue weighted by Gasteiger charge is -2.12. The molecule has 2 aromatic rings. The third kappa shape index (κ3) is 2.25. The first kappa shape index (κ1) is 10.4. The summed E-state index contributed by atoms with van der Waals surface area (Å²) in [6.07, 6.45) is 6.67. The molecular formula is C11H12N4O. The van der Waals surface area contributed by atoms with Gasteiger partial charge in [-0.15, -0.1) is 0 Å². The molecular weight excluding hydrogens is 204 g/mol. The molecule has 0 fully saturated rings. The van der Waals surface area contributed by atoms with Crippen molar-refractivity contribution in [1.29, 1.82) is 0 Å². The highest BCUT2D eigenvalue weighted by Gasteiger charge is 2.14. The second-order valence-corrected chi connectivity index (χ2v) is 3.39. The predicted molar refractivity (Wildman–Crippen MR) is 59.8 cm³/mol. The van der Waals surface area contributed by atoms with Crippen LogP contribution in [0, 0.1) is 0 Å². The zero-order valence-corrected chi connectivity index (χ0v) is 8.87. The Hall–Kier alpha value is -2.17. The highest BCUT2D eigenvalue weighted by Crippen LogP contribution is 2.09. The van der Waals surface area contributed by atoms with Crippen LogP contribution in [-0.4, -0.2) is 20.7 Å². The van der Waals surface area contributed by atoms with Crippen LogP contribution < -0.4 is 5.32 Å². The summed E-state index contributed by atoms with van der Waals surface area (Å²) in [5, 5.41) is 6.79. The number of anilines is 1. The van der Waals surface area contributed by atoms with Crippen molar-refractivity contribution in [2.24, 2.45) is 0 Å². The number of aromatic nitrogens is 3. The molecule has 1 amide bonds. The van der Waals surface area contributed by atoms with Gasteiger partial charge in [0, 0.05) is 18.6 Å². The normalized spacial score (nSPS) is 12.1. The Labute approximate surface area is 93.1 Å². The quantitative estimate of drug-likeness (QED) is 0.845. The maximum atomic E-state index is 11.8. The number of carbonyl (C=O) groups excluding carboxylic acids is 1. The zero-order valence-electron chi connectivity index (χ0n) is 8.87. The molecule has 1 N–H and O–H groups in total. The second-order valence-electron chi connectivity index (χ2n) is 3.39. The number of nitrogens with one attached hydrogen (secondary N) is 1. The van der Waals surface area contributed by atoms with E-state index in [9.17, 15) is 4.79 Å². The molecule has 0 saturated heterocycles. The van der Waals surface area contributed by atoms with Crippen LogP contribution in [0.2, 0.25) is 0 Å². The van der Waals surface area contributed by atoms with Crippen LogP contribution in [-0.2, 0) is 4.79 Å². The third-order valence-electron chi connectivity index (χ3n) is 2.23. The Balaban J connectivity index is 2.04. The number of amides is 1. The highest BCUT2D eigenvalue weighted by molar-refractivity contribution is 5.93. The van der Waals surface area contributed by atoms with Gasteiger partial charge in [-0.1, -0.05) is 0 Å². The van der Waals surface area contributed by atoms with Gasteiger partial charge in [-0.05, 0) is 25.1 Å². The zero-order chi connectivity index (χ0) is 11.4. The highest BCUT2D eigenvalue weighted by atomic mass is 16.2. The van der Waals surface area contributed by atoms with E-state index in [0.717, 1.165) is 0 Å². The molecule has 2 aromatic heterocycles. The molecule has 0 aliphatic carbocycles. The average Bonchev–Trinajstić information content (AvgIpc) is 2.83. The van der Waals surface area contributed by atoms with Crippen molar-refractivity contribution >= 4 is 11.6 Å². The molecule has 5 heteroatoms. The molecule has 16 heavy (non-hydrogen) atoms. The lowest BCUT2D eigenvalue weighted by Crippen LogP contribution is -2.23. The summed E-state index contributed by atoms with van der Waals surface area (Å²) in [6.45, 7) is 1.79. The monoisotopic (exact) mass is 216 g/mol. The Kier molecular flexibility index (Phi) is 2.95. The van der Waals surface area contributed by atoms with Gasteiger partial charge in [0.1, 0.15) is 6.04 Å². The fourth-order valence-electron chi connectivity index (χ4n) is 1.31. The van der Waals surface area contributed by atoms with E-state index in [4.69, 9.17) is 0 Å². The number of hydrogen-bond acceptors (Lipinski definition) is 3. The smallest absolute Gasteiger partial charge is 0.248 e. The van der Waals surface area contributed by atoms with Crippen molar-refractivity contribution < 1.29 is 4.79 Å². The topological polar surface area (TPSA) is 59.8 Å². The fraction of sp³-hybridized carbons (Fsp3) is 0.182. The van der Waals surface area contributed by atoms with Crippen molar-refractivity contribution in [2.75, 3.05) is 5.32 Å². The minimum absolute atomic E-state index is 0.114. The molecule has 1 atom stereocenters. The number of pyridine rings is 1. The number of hydrogen-bond donors (Lipinski definition) is 1. The Bertz CT molecular complexity index is 452. The van der Waals surface area contributed by atoms with Crippen LogP contribution in [0.4, 0.5) is 5.69 Å². The van der Waals surface area contributed by atoms with Crippen molar-refractivity contribution in [3.05, 3.63) is 43.0 Å². The van der Waals surface area contributed by atoms with Gasteiger partial charge in [0.2, 0.25) is 5.91 Å². The van der Waals surface area contributed by atoms with E-state index in [0.29, 0.717) is 5.69 Å². The van der Waals surface area contributed by atoms with Crippen LogP contribution in [0.1, 0.15) is 13.0 Å². The second kappa shape index (κ2) is 4.57. The van der Waals surface area contributed by atoms with Crippen LogP contribution in [0.15, 0.2) is 43.0 Å². The summed E-state index contributed by atoms with van der Waals surface area (Å²) in [7, 11) is 0. The maximum absolute atomic E-state index is 11.8. The average molecular weight is 216 g/mol. The van der Waals surface area contributed by atoms with Crippen molar-refractivity contribution in [3.63, 3.8) is 0 Å². The van der Waals surface area contributed by atoms with Gasteiger partial charge in [0.05, 0.1) is 11.9 Å². The summed E-state index contributed by atoms with van der Waals surface area (Å²) in [4.78, 5) is 15.7. The van der Waals surface area contributed by atoms with Crippen molar-refractivity contribution in [2.45, 2.75) is 13.0 Å². The van der Waals surface area contributed by atoms with Crippen LogP contribution in [0.5, 0.6) is 0 Å². The number of carbonyl (C=O) groups is 1. The SMILES string of the molecule is CC(C(=O)Nc1cccnc1)n1cccn1. The van der Waals surface area contributed by atoms with Gasteiger partial charge in [-0.3, -0.25) is 14.5 Å². The Morgan fingerprint density at radius 2 is 2.31 bits per heavy atom. The molecule has 0 bridgehead atoms. The van der Waals surface area contributed by atoms with E-state index in [-0.39, 0.29) is 11.9 Å². The van der Waals surface area contributed by atoms with Crippen molar-refractivity contribution in [3.8, 4) is 0 Å². The molecule has 0 radical (unpaired) electrons. The van der Waals surface area contributed by atoms with E-state index in [1.54, 1.807) is 54.6 Å². The van der Waals surface area contributed by atoms with E-state index >= 15 is 0 Å². The molecule has 2 heterocycles. The summed E-state index contributed by atoms with van der Waals surface area (Å²) in [5.74, 6) is -0.114. The van der Waals surface area contributed by atoms with Gasteiger partial charge < -0.3 is 5.32 Å². The molecule has 0 aliphatic rings. The standard InChI is InChI=1S/C11H12N4O/c1-9(15-7-3-6-13-15)11(16)14-10-4-2-5-12-8-10/h2-9H,1H3,(H,14,16). The predicted octanol–water partition coefficient (Wildman–Crippen LogP) is 1.48. The number of rotatable bonds is 3. The summed E-state index contributed by atoms with van der Waals surface area (Å²) in [5.41, 5.74) is 0.687. The molecule has 2 rings (SSSR count). The van der Waals surface area contributed by atoms with Gasteiger partial charge in [-0.2, -0.15) is 5.10 Å². The van der Waals surface area contributed by atoms with E-state index in [1.807, 2.05) is 0 Å². The van der Waals surface area contributed by atoms with Crippen molar-refractivity contribution in [1.82, 2.24) is 14.8 Å². The minimum Gasteiger partial charge on any atom is -0.323 e.